The Morgan fingerprint density at radius 1 is 1.14 bits per heavy atom. The van der Waals surface area contributed by atoms with E-state index in [1.165, 1.54) is 27.3 Å². The second kappa shape index (κ2) is 9.01. The van der Waals surface area contributed by atoms with Crippen molar-refractivity contribution in [1.29, 1.82) is 0 Å². The number of aliphatic carboxylic acids is 1. The smallest absolute Gasteiger partial charge is 0.417 e. The number of carboxylic acids is 1. The first-order chi connectivity index (χ1) is 16.9. The minimum absolute atomic E-state index is 0.169. The third-order valence-electron chi connectivity index (χ3n) is 6.16. The van der Waals surface area contributed by atoms with Crippen LogP contribution in [0.25, 0.3) is 11.0 Å². The SMILES string of the molecule is CCn1c(=O)n(C)c2ccc(N3CC(C(=O)O)C(=O)N(Cc4cccc(C(F)(F)F)c4Cl)C3=O)cc21. The highest BCUT2D eigenvalue weighted by Gasteiger charge is 2.44. The zero-order valence-electron chi connectivity index (χ0n) is 19.0. The van der Waals surface area contributed by atoms with Gasteiger partial charge in [0.05, 0.1) is 28.2 Å². The highest BCUT2D eigenvalue weighted by atomic mass is 35.5. The maximum Gasteiger partial charge on any atom is 0.417 e. The molecule has 3 aromatic rings. The van der Waals surface area contributed by atoms with E-state index in [1.54, 1.807) is 20.0 Å². The molecule has 1 saturated heterocycles. The number of aryl methyl sites for hydroxylation is 2. The molecule has 1 unspecified atom stereocenters. The Morgan fingerprint density at radius 2 is 1.83 bits per heavy atom. The fourth-order valence-electron chi connectivity index (χ4n) is 4.28. The quantitative estimate of drug-likeness (QED) is 0.512. The molecular formula is C23H20ClF3N4O5. The normalized spacial score (nSPS) is 16.8. The number of benzene rings is 2. The lowest BCUT2D eigenvalue weighted by Gasteiger charge is -2.37. The fourth-order valence-corrected chi connectivity index (χ4v) is 4.57. The summed E-state index contributed by atoms with van der Waals surface area (Å²) < 4.78 is 42.8. The van der Waals surface area contributed by atoms with Crippen LogP contribution in [0.15, 0.2) is 41.2 Å². The average molecular weight is 525 g/mol. The number of carboxylic acid groups (broad SMARTS) is 1. The first-order valence-electron chi connectivity index (χ1n) is 10.8. The van der Waals surface area contributed by atoms with Crippen LogP contribution in [-0.2, 0) is 35.9 Å². The van der Waals surface area contributed by atoms with Gasteiger partial charge >= 0.3 is 23.9 Å². The number of alkyl halides is 3. The first kappa shape index (κ1) is 25.3. The molecule has 1 fully saturated rings. The summed E-state index contributed by atoms with van der Waals surface area (Å²) in [6, 6.07) is 6.77. The van der Waals surface area contributed by atoms with Crippen LogP contribution in [0.4, 0.5) is 23.7 Å². The molecule has 0 saturated carbocycles. The van der Waals surface area contributed by atoms with E-state index in [2.05, 4.69) is 0 Å². The standard InChI is InChI=1S/C23H20ClF3N4O5/c1-3-29-17-9-13(7-8-16(17)28(2)21(29)35)30-11-14(20(33)34)19(32)31(22(30)36)10-12-5-4-6-15(18(12)24)23(25,26)27/h4-9,14H,3,10-11H2,1-2H3,(H,33,34). The minimum atomic E-state index is -4.77. The molecule has 3 amide bonds. The van der Waals surface area contributed by atoms with Crippen molar-refractivity contribution in [3.8, 4) is 0 Å². The van der Waals surface area contributed by atoms with E-state index in [0.29, 0.717) is 22.5 Å². The summed E-state index contributed by atoms with van der Waals surface area (Å²) >= 11 is 5.94. The topological polar surface area (TPSA) is 105 Å². The van der Waals surface area contributed by atoms with Crippen LogP contribution in [0, 0.1) is 5.92 Å². The zero-order valence-corrected chi connectivity index (χ0v) is 19.8. The molecule has 190 valence electrons. The van der Waals surface area contributed by atoms with E-state index in [4.69, 9.17) is 11.6 Å². The van der Waals surface area contributed by atoms with Crippen LogP contribution in [0.5, 0.6) is 0 Å². The number of imidazole rings is 1. The lowest BCUT2D eigenvalue weighted by atomic mass is 10.0. The summed E-state index contributed by atoms with van der Waals surface area (Å²) in [5.41, 5.74) is -0.303. The van der Waals surface area contributed by atoms with Crippen molar-refractivity contribution in [2.24, 2.45) is 13.0 Å². The number of carbonyl (C=O) groups excluding carboxylic acids is 2. The van der Waals surface area contributed by atoms with Gasteiger partial charge in [0.25, 0.3) is 0 Å². The van der Waals surface area contributed by atoms with E-state index >= 15 is 0 Å². The van der Waals surface area contributed by atoms with Crippen LogP contribution in [0.2, 0.25) is 5.02 Å². The monoisotopic (exact) mass is 524 g/mol. The number of anilines is 1. The second-order valence-electron chi connectivity index (χ2n) is 8.24. The average Bonchev–Trinajstić information content (AvgIpc) is 3.05. The van der Waals surface area contributed by atoms with Gasteiger partial charge in [-0.05, 0) is 36.8 Å². The number of hydrogen-bond donors (Lipinski definition) is 1. The maximum absolute atomic E-state index is 13.4. The van der Waals surface area contributed by atoms with Gasteiger partial charge in [-0.2, -0.15) is 13.2 Å². The van der Waals surface area contributed by atoms with Crippen molar-refractivity contribution in [3.63, 3.8) is 0 Å². The van der Waals surface area contributed by atoms with Gasteiger partial charge in [0.1, 0.15) is 0 Å². The van der Waals surface area contributed by atoms with Gasteiger partial charge in [-0.25, -0.2) is 9.59 Å². The van der Waals surface area contributed by atoms with Gasteiger partial charge in [-0.15, -0.1) is 0 Å². The Morgan fingerprint density at radius 3 is 2.44 bits per heavy atom. The Kier molecular flexibility index (Phi) is 6.33. The van der Waals surface area contributed by atoms with E-state index in [0.717, 1.165) is 17.0 Å². The molecule has 0 spiro atoms. The molecule has 0 bridgehead atoms. The minimum Gasteiger partial charge on any atom is -0.481 e. The third-order valence-corrected chi connectivity index (χ3v) is 6.60. The van der Waals surface area contributed by atoms with Crippen LogP contribution in [0.1, 0.15) is 18.1 Å². The lowest BCUT2D eigenvalue weighted by Crippen LogP contribution is -2.58. The van der Waals surface area contributed by atoms with Crippen molar-refractivity contribution in [3.05, 3.63) is 63.0 Å². The molecule has 1 aromatic heterocycles. The van der Waals surface area contributed by atoms with Gasteiger partial charge < -0.3 is 5.11 Å². The van der Waals surface area contributed by atoms with E-state index in [9.17, 15) is 37.5 Å². The Labute approximate surface area is 206 Å². The van der Waals surface area contributed by atoms with Crippen LogP contribution >= 0.6 is 11.6 Å². The number of halogens is 4. The van der Waals surface area contributed by atoms with E-state index in [-0.39, 0.29) is 16.9 Å². The van der Waals surface area contributed by atoms with Crippen molar-refractivity contribution in [1.82, 2.24) is 14.0 Å². The van der Waals surface area contributed by atoms with E-state index in [1.807, 2.05) is 0 Å². The molecule has 4 rings (SSSR count). The predicted octanol–water partition coefficient (Wildman–Crippen LogP) is 3.70. The molecule has 2 aromatic carbocycles. The number of carbonyl (C=O) groups is 3. The van der Waals surface area contributed by atoms with Crippen LogP contribution in [-0.4, -0.2) is 43.6 Å². The lowest BCUT2D eigenvalue weighted by molar-refractivity contribution is -0.150. The molecule has 1 N–H and O–H groups in total. The summed E-state index contributed by atoms with van der Waals surface area (Å²) in [6.07, 6.45) is -4.77. The molecule has 1 atom stereocenters. The largest absolute Gasteiger partial charge is 0.481 e. The van der Waals surface area contributed by atoms with Crippen molar-refractivity contribution < 1.29 is 32.7 Å². The fraction of sp³-hybridized carbons (Fsp3) is 0.304. The highest BCUT2D eigenvalue weighted by Crippen LogP contribution is 2.37. The maximum atomic E-state index is 13.4. The van der Waals surface area contributed by atoms with Gasteiger partial charge in [0.2, 0.25) is 5.91 Å². The molecule has 1 aliphatic rings. The molecule has 0 aliphatic carbocycles. The van der Waals surface area contributed by atoms with Crippen molar-refractivity contribution >= 4 is 46.2 Å². The second-order valence-corrected chi connectivity index (χ2v) is 8.62. The summed E-state index contributed by atoms with van der Waals surface area (Å²) in [5, 5.41) is 8.95. The number of imide groups is 1. The van der Waals surface area contributed by atoms with Crippen molar-refractivity contribution in [2.75, 3.05) is 11.4 Å². The number of hydrogen-bond acceptors (Lipinski definition) is 4. The van der Waals surface area contributed by atoms with Gasteiger partial charge in [0, 0.05) is 25.8 Å². The van der Waals surface area contributed by atoms with Gasteiger partial charge in [-0.3, -0.25) is 28.5 Å². The van der Waals surface area contributed by atoms with Crippen LogP contribution < -0.4 is 10.6 Å². The Balaban J connectivity index is 1.78. The molecule has 9 nitrogen and oxygen atoms in total. The number of nitrogens with zero attached hydrogens (tertiary/aromatic N) is 4. The molecule has 0 radical (unpaired) electrons. The molecule has 1 aliphatic heterocycles. The molecule has 2 heterocycles. The third kappa shape index (κ3) is 4.11. The van der Waals surface area contributed by atoms with Crippen LogP contribution in [0.3, 0.4) is 0 Å². The first-order valence-corrected chi connectivity index (χ1v) is 11.1. The zero-order chi connectivity index (χ0) is 26.5. The predicted molar refractivity (Wildman–Crippen MR) is 124 cm³/mol. The summed E-state index contributed by atoms with van der Waals surface area (Å²) in [6.45, 7) is 0.950. The number of amides is 3. The van der Waals surface area contributed by atoms with Gasteiger partial charge in [-0.1, -0.05) is 23.7 Å². The number of urea groups is 1. The Hall–Kier alpha value is -3.80. The number of fused-ring (bicyclic) bond motifs is 1. The van der Waals surface area contributed by atoms with E-state index < -0.39 is 53.7 Å². The number of aromatic nitrogens is 2. The molecular weight excluding hydrogens is 505 g/mol. The molecule has 36 heavy (non-hydrogen) atoms. The summed E-state index contributed by atoms with van der Waals surface area (Å²) in [7, 11) is 1.59. The summed E-state index contributed by atoms with van der Waals surface area (Å²) in [5.74, 6) is -4.22. The van der Waals surface area contributed by atoms with Gasteiger partial charge in [0.15, 0.2) is 5.92 Å². The van der Waals surface area contributed by atoms with Crippen molar-refractivity contribution in [2.45, 2.75) is 26.2 Å². The Bertz CT molecular complexity index is 1460. The summed E-state index contributed by atoms with van der Waals surface area (Å²) in [4.78, 5) is 52.2. The number of rotatable bonds is 5. The molecule has 13 heteroatoms. The highest BCUT2D eigenvalue weighted by molar-refractivity contribution is 6.32.